The lowest BCUT2D eigenvalue weighted by Gasteiger charge is -2.18. The van der Waals surface area contributed by atoms with Crippen molar-refractivity contribution < 1.29 is 28.8 Å². The Hall–Kier alpha value is -3.48. The number of methoxy groups -OCH3 is 4. The molecular weight excluding hydrogens is 642 g/mol. The number of ketones is 1. The van der Waals surface area contributed by atoms with E-state index >= 15 is 0 Å². The number of carbonyl (C=O) groups is 1. The van der Waals surface area contributed by atoms with E-state index in [0.717, 1.165) is 0 Å². The molecule has 0 spiro atoms. The van der Waals surface area contributed by atoms with Gasteiger partial charge in [-0.05, 0) is 54.6 Å². The molecule has 4 aromatic carbocycles. The summed E-state index contributed by atoms with van der Waals surface area (Å²) in [4.78, 5) is 12.6. The summed E-state index contributed by atoms with van der Waals surface area (Å²) in [5.41, 5.74) is 14.4. The molecule has 4 aromatic rings. The van der Waals surface area contributed by atoms with Crippen molar-refractivity contribution in [3.8, 4) is 23.0 Å². The van der Waals surface area contributed by atoms with Gasteiger partial charge in [0.25, 0.3) is 0 Å². The van der Waals surface area contributed by atoms with Crippen LogP contribution in [0.25, 0.3) is 0 Å². The maximum atomic E-state index is 12.6. The van der Waals surface area contributed by atoms with Crippen molar-refractivity contribution in [2.24, 2.45) is 0 Å². The van der Waals surface area contributed by atoms with E-state index in [1.807, 2.05) is 0 Å². The van der Waals surface area contributed by atoms with Crippen LogP contribution in [0.3, 0.4) is 0 Å². The van der Waals surface area contributed by atoms with Crippen LogP contribution >= 0.6 is 48.8 Å². The number of hydrogen-bond acceptors (Lipinski definition) is 9. The lowest BCUT2D eigenvalue weighted by Crippen LogP contribution is -2.08. The van der Waals surface area contributed by atoms with Gasteiger partial charge in [-0.2, -0.15) is 13.5 Å². The number of nitrogen functional groups attached to an aromatic ring is 2. The van der Waals surface area contributed by atoms with Crippen LogP contribution in [0.4, 0.5) is 11.4 Å². The first kappa shape index (κ1) is 40.5. The number of aliphatic hydroxyl groups is 1. The number of carbonyl (C=O) groups excluding carboxylic acids is 1. The molecule has 0 aliphatic carbocycles. The van der Waals surface area contributed by atoms with E-state index in [0.29, 0.717) is 66.7 Å². The zero-order chi connectivity index (χ0) is 31.4. The van der Waals surface area contributed by atoms with Crippen molar-refractivity contribution in [1.29, 1.82) is 0 Å². The van der Waals surface area contributed by atoms with Crippen molar-refractivity contribution in [2.75, 3.05) is 39.9 Å². The first-order chi connectivity index (χ1) is 20.2. The summed E-state index contributed by atoms with van der Waals surface area (Å²) in [7, 11) is 6.06. The highest BCUT2D eigenvalue weighted by Gasteiger charge is 2.21. The molecule has 44 heavy (non-hydrogen) atoms. The Morgan fingerprint density at radius 1 is 0.727 bits per heavy atom. The average molecular weight is 681 g/mol. The van der Waals surface area contributed by atoms with Gasteiger partial charge in [0.2, 0.25) is 0 Å². The summed E-state index contributed by atoms with van der Waals surface area (Å²) in [6.07, 6.45) is -0.946. The quantitative estimate of drug-likeness (QED) is 0.106. The number of aliphatic hydroxyl groups excluding tert-OH is 1. The van der Waals surface area contributed by atoms with Crippen LogP contribution in [0.1, 0.15) is 40.6 Å². The lowest BCUT2D eigenvalue weighted by atomic mass is 9.99. The molecule has 0 aliphatic heterocycles. The minimum absolute atomic E-state index is 0. The third kappa shape index (κ3) is 9.77. The molecule has 0 aromatic heterocycles. The topological polar surface area (TPSA) is 126 Å². The number of nitrogens with two attached hydrogens (primary N) is 2. The molecule has 13 heteroatoms. The van der Waals surface area contributed by atoms with Crippen LogP contribution in [0.15, 0.2) is 72.8 Å². The molecule has 0 radical (unpaired) electrons. The van der Waals surface area contributed by atoms with Crippen LogP contribution in [-0.2, 0) is 0 Å². The molecule has 0 saturated carbocycles. The molecule has 5 N–H and O–H groups in total. The number of rotatable bonds is 8. The summed E-state index contributed by atoms with van der Waals surface area (Å²) in [6.45, 7) is 1.58. The van der Waals surface area contributed by atoms with Crippen LogP contribution < -0.4 is 30.4 Å². The summed E-state index contributed by atoms with van der Waals surface area (Å²) in [5, 5.41) is 11.5. The van der Waals surface area contributed by atoms with Gasteiger partial charge in [0.1, 0.15) is 6.10 Å². The summed E-state index contributed by atoms with van der Waals surface area (Å²) < 4.78 is 21.0. The molecule has 8 nitrogen and oxygen atoms in total. The molecule has 0 saturated heterocycles. The van der Waals surface area contributed by atoms with E-state index in [9.17, 15) is 9.90 Å². The van der Waals surface area contributed by atoms with Crippen LogP contribution in [0.2, 0.25) is 10.0 Å². The van der Waals surface area contributed by atoms with Gasteiger partial charge in [-0.15, -0.1) is 6.72 Å². The molecule has 0 heterocycles. The molecule has 0 unspecified atom stereocenters. The zero-order valence-corrected chi connectivity index (χ0v) is 27.6. The minimum Gasteiger partial charge on any atom is -0.493 e. The molecule has 0 bridgehead atoms. The highest BCUT2D eigenvalue weighted by molar-refractivity contribution is 7.83. The van der Waals surface area contributed by atoms with Gasteiger partial charge in [-0.25, -0.2) is 0 Å². The fourth-order valence-electron chi connectivity index (χ4n) is 4.01. The summed E-state index contributed by atoms with van der Waals surface area (Å²) >= 11 is 16.0. The number of para-hydroxylation sites is 2. The van der Waals surface area contributed by atoms with E-state index in [-0.39, 0.29) is 26.7 Å². The highest BCUT2D eigenvalue weighted by Crippen LogP contribution is 2.39. The van der Waals surface area contributed by atoms with Crippen LogP contribution in [0, 0.1) is 0 Å². The van der Waals surface area contributed by atoms with Crippen molar-refractivity contribution in [2.45, 2.75) is 13.5 Å². The Kier molecular flexibility index (Phi) is 18.2. The van der Waals surface area contributed by atoms with Crippen molar-refractivity contribution in [3.63, 3.8) is 0 Å². The van der Waals surface area contributed by atoms with E-state index < -0.39 is 6.10 Å². The predicted octanol–water partition coefficient (Wildman–Crippen LogP) is 6.67. The predicted molar refractivity (Wildman–Crippen MR) is 192 cm³/mol. The largest absolute Gasteiger partial charge is 0.493 e. The second-order valence-corrected chi connectivity index (χ2v) is 9.23. The second kappa shape index (κ2) is 19.7. The second-order valence-electron chi connectivity index (χ2n) is 8.36. The fraction of sp³-hybridized carbons (Fsp3) is 0.194. The smallest absolute Gasteiger partial charge is 0.199 e. The number of anilines is 2. The lowest BCUT2D eigenvalue weighted by molar-refractivity contribution is 0.103. The van der Waals surface area contributed by atoms with Crippen molar-refractivity contribution in [1.82, 2.24) is 0 Å². The van der Waals surface area contributed by atoms with Crippen LogP contribution in [-0.4, -0.2) is 46.1 Å². The zero-order valence-electron chi connectivity index (χ0n) is 24.3. The van der Waals surface area contributed by atoms with Crippen LogP contribution in [0.5, 0.6) is 23.0 Å². The molecule has 0 fully saturated rings. The number of halogens is 2. The van der Waals surface area contributed by atoms with Gasteiger partial charge < -0.3 is 47.6 Å². The van der Waals surface area contributed by atoms with E-state index in [1.165, 1.54) is 27.4 Å². The SMILES string of the molecule is C.COc1cccc(C(=O)c2cc(Cl)ccc2N)c1OC.COc1cccc([C@@H](O)c2cc(Cl)ccc2N)c1OC.S.[BH2-]=S. The average Bonchev–Trinajstić information content (AvgIpc) is 3.02. The third-order valence-corrected chi connectivity index (χ3v) is 6.45. The van der Waals surface area contributed by atoms with Gasteiger partial charge in [0, 0.05) is 38.1 Å². The Balaban J connectivity index is 0.000000763. The monoisotopic (exact) mass is 679 g/mol. The van der Waals surface area contributed by atoms with Gasteiger partial charge in [-0.3, -0.25) is 4.79 Å². The maximum Gasteiger partial charge on any atom is 0.199 e. The minimum atomic E-state index is -0.946. The van der Waals surface area contributed by atoms with E-state index in [1.54, 1.807) is 80.6 Å². The Labute approximate surface area is 281 Å². The highest BCUT2D eigenvalue weighted by atomic mass is 35.5. The van der Waals surface area contributed by atoms with E-state index in [2.05, 4.69) is 12.1 Å². The van der Waals surface area contributed by atoms with Gasteiger partial charge in [0.15, 0.2) is 28.8 Å². The molecular formula is C31H38BCl2N2O6S2-. The molecule has 0 amide bonds. The Morgan fingerprint density at radius 3 is 1.77 bits per heavy atom. The van der Waals surface area contributed by atoms with Gasteiger partial charge in [0.05, 0.1) is 34.0 Å². The van der Waals surface area contributed by atoms with Crippen molar-refractivity contribution in [3.05, 3.63) is 105 Å². The number of benzene rings is 4. The first-order valence-electron chi connectivity index (χ1n) is 12.3. The van der Waals surface area contributed by atoms with Gasteiger partial charge >= 0.3 is 0 Å². The Bertz CT molecular complexity index is 1530. The fourth-order valence-corrected chi connectivity index (χ4v) is 4.37. The number of hydrogen-bond donors (Lipinski definition) is 3. The molecule has 4 rings (SSSR count). The standard InChI is InChI=1S/C15H16ClNO3.C15H14ClNO3.CH4.BH2S.H2S/c2*1-19-13-5-3-4-10(15(13)20-2)14(18)11-8-9(16)6-7-12(11)17;;1-2;/h3-8,14,18H,17H2,1-2H3;3-8H,17H2,1-2H3;1H4;1H2;1H2/q;;;-1;/t14-;;;;/m1..../s1. The third-order valence-electron chi connectivity index (χ3n) is 5.98. The van der Waals surface area contributed by atoms with Crippen molar-refractivity contribution >= 4 is 72.6 Å². The van der Waals surface area contributed by atoms with E-state index in [4.69, 9.17) is 53.6 Å². The first-order valence-corrected chi connectivity index (χ1v) is 13.9. The molecule has 238 valence electrons. The summed E-state index contributed by atoms with van der Waals surface area (Å²) in [6, 6.07) is 20.1. The molecule has 0 aliphatic rings. The maximum absolute atomic E-state index is 12.6. The molecule has 1 atom stereocenters. The summed E-state index contributed by atoms with van der Waals surface area (Å²) in [5.74, 6) is 1.62. The Morgan fingerprint density at radius 2 is 1.23 bits per heavy atom. The number of ether oxygens (including phenoxy) is 4. The van der Waals surface area contributed by atoms with Gasteiger partial charge in [-0.1, -0.05) is 48.8 Å². The normalized spacial score (nSPS) is 10.2.